The number of carbonyl (C=O) groups excluding carboxylic acids is 1. The van der Waals surface area contributed by atoms with Gasteiger partial charge in [-0.3, -0.25) is 9.69 Å². The van der Waals surface area contributed by atoms with E-state index in [-0.39, 0.29) is 5.91 Å². The Morgan fingerprint density at radius 3 is 2.57 bits per heavy atom. The van der Waals surface area contributed by atoms with Gasteiger partial charge in [0.25, 0.3) is 5.91 Å². The Balaban J connectivity index is 1.81. The zero-order valence-corrected chi connectivity index (χ0v) is 17.9. The SMILES string of the molecule is CCOc1cc(/C=C2/SC(=S)N(CC)C2=O)ccc1OCc1ccccc1C. The van der Waals surface area contributed by atoms with Gasteiger partial charge in [-0.15, -0.1) is 0 Å². The topological polar surface area (TPSA) is 38.8 Å². The average molecular weight is 414 g/mol. The lowest BCUT2D eigenvalue weighted by Gasteiger charge is -2.14. The van der Waals surface area contributed by atoms with Crippen LogP contribution in [0, 0.1) is 6.92 Å². The molecule has 4 nitrogen and oxygen atoms in total. The van der Waals surface area contributed by atoms with Crippen molar-refractivity contribution in [2.75, 3.05) is 13.2 Å². The summed E-state index contributed by atoms with van der Waals surface area (Å²) in [7, 11) is 0. The number of hydrogen-bond donors (Lipinski definition) is 0. The van der Waals surface area contributed by atoms with Crippen LogP contribution >= 0.6 is 24.0 Å². The molecule has 0 saturated carbocycles. The molecule has 0 aromatic heterocycles. The molecule has 1 saturated heterocycles. The molecular formula is C22H23NO3S2. The molecule has 0 bridgehead atoms. The summed E-state index contributed by atoms with van der Waals surface area (Å²) in [6.07, 6.45) is 1.85. The number of amides is 1. The van der Waals surface area contributed by atoms with Crippen molar-refractivity contribution >= 4 is 40.3 Å². The van der Waals surface area contributed by atoms with E-state index >= 15 is 0 Å². The zero-order valence-electron chi connectivity index (χ0n) is 16.2. The molecule has 0 atom stereocenters. The lowest BCUT2D eigenvalue weighted by atomic mass is 10.1. The summed E-state index contributed by atoms with van der Waals surface area (Å²) in [5.74, 6) is 1.30. The van der Waals surface area contributed by atoms with Gasteiger partial charge in [0.2, 0.25) is 0 Å². The molecule has 0 spiro atoms. The van der Waals surface area contributed by atoms with Gasteiger partial charge < -0.3 is 9.47 Å². The maximum absolute atomic E-state index is 12.4. The molecule has 1 heterocycles. The summed E-state index contributed by atoms with van der Waals surface area (Å²) >= 11 is 6.60. The van der Waals surface area contributed by atoms with Gasteiger partial charge in [-0.2, -0.15) is 0 Å². The Morgan fingerprint density at radius 2 is 1.89 bits per heavy atom. The number of nitrogens with zero attached hydrogens (tertiary/aromatic N) is 1. The summed E-state index contributed by atoms with van der Waals surface area (Å²) in [6.45, 7) is 7.50. The van der Waals surface area contributed by atoms with Gasteiger partial charge in [0.15, 0.2) is 11.5 Å². The fourth-order valence-electron chi connectivity index (χ4n) is 2.85. The highest BCUT2D eigenvalue weighted by Crippen LogP contribution is 2.35. The predicted molar refractivity (Wildman–Crippen MR) is 119 cm³/mol. The second-order valence-electron chi connectivity index (χ2n) is 6.28. The minimum atomic E-state index is -0.0460. The quantitative estimate of drug-likeness (QED) is 0.461. The first-order valence-electron chi connectivity index (χ1n) is 9.23. The van der Waals surface area contributed by atoms with Crippen molar-refractivity contribution in [3.63, 3.8) is 0 Å². The average Bonchev–Trinajstić information content (AvgIpc) is 2.95. The molecule has 0 radical (unpaired) electrons. The number of rotatable bonds is 7. The molecule has 1 amide bonds. The summed E-state index contributed by atoms with van der Waals surface area (Å²) in [5, 5.41) is 0. The maximum Gasteiger partial charge on any atom is 0.266 e. The lowest BCUT2D eigenvalue weighted by Crippen LogP contribution is -2.27. The first-order valence-corrected chi connectivity index (χ1v) is 10.5. The molecular weight excluding hydrogens is 390 g/mol. The molecule has 1 aliphatic heterocycles. The number of likely N-dealkylation sites (N-methyl/N-ethyl adjacent to an activating group) is 1. The third kappa shape index (κ3) is 4.56. The number of thiocarbonyl (C=S) groups is 1. The first kappa shape index (κ1) is 20.4. The van der Waals surface area contributed by atoms with Gasteiger partial charge >= 0.3 is 0 Å². The van der Waals surface area contributed by atoms with E-state index in [2.05, 4.69) is 19.1 Å². The highest BCUT2D eigenvalue weighted by atomic mass is 32.2. The van der Waals surface area contributed by atoms with Crippen LogP contribution in [0.4, 0.5) is 0 Å². The Labute approximate surface area is 175 Å². The molecule has 146 valence electrons. The van der Waals surface area contributed by atoms with Gasteiger partial charge in [-0.25, -0.2) is 0 Å². The number of thioether (sulfide) groups is 1. The highest BCUT2D eigenvalue weighted by Gasteiger charge is 2.30. The molecule has 1 aliphatic rings. The third-order valence-corrected chi connectivity index (χ3v) is 5.78. The summed E-state index contributed by atoms with van der Waals surface area (Å²) in [5.41, 5.74) is 3.20. The van der Waals surface area contributed by atoms with Gasteiger partial charge in [0, 0.05) is 6.54 Å². The van der Waals surface area contributed by atoms with E-state index in [9.17, 15) is 4.79 Å². The van der Waals surface area contributed by atoms with Crippen LogP contribution in [0.2, 0.25) is 0 Å². The third-order valence-electron chi connectivity index (χ3n) is 4.40. The fourth-order valence-corrected chi connectivity index (χ4v) is 4.24. The molecule has 0 unspecified atom stereocenters. The Kier molecular flexibility index (Phi) is 6.75. The number of ether oxygens (including phenoxy) is 2. The molecule has 0 N–H and O–H groups in total. The van der Waals surface area contributed by atoms with E-state index in [0.29, 0.717) is 40.5 Å². The van der Waals surface area contributed by atoms with Crippen LogP contribution < -0.4 is 9.47 Å². The van der Waals surface area contributed by atoms with E-state index in [0.717, 1.165) is 11.1 Å². The highest BCUT2D eigenvalue weighted by molar-refractivity contribution is 8.26. The van der Waals surface area contributed by atoms with E-state index < -0.39 is 0 Å². The van der Waals surface area contributed by atoms with Crippen molar-refractivity contribution in [1.82, 2.24) is 4.90 Å². The van der Waals surface area contributed by atoms with Crippen LogP contribution in [0.1, 0.15) is 30.5 Å². The van der Waals surface area contributed by atoms with Crippen molar-refractivity contribution < 1.29 is 14.3 Å². The Morgan fingerprint density at radius 1 is 1.11 bits per heavy atom. The molecule has 1 fully saturated rings. The second kappa shape index (κ2) is 9.26. The van der Waals surface area contributed by atoms with Gasteiger partial charge in [-0.1, -0.05) is 54.3 Å². The van der Waals surface area contributed by atoms with Crippen LogP contribution in [-0.2, 0) is 11.4 Å². The lowest BCUT2D eigenvalue weighted by molar-refractivity contribution is -0.121. The molecule has 0 aliphatic carbocycles. The Bertz CT molecular complexity index is 924. The fraction of sp³-hybridized carbons (Fsp3) is 0.273. The van der Waals surface area contributed by atoms with E-state index in [1.54, 1.807) is 4.90 Å². The molecule has 28 heavy (non-hydrogen) atoms. The Hall–Kier alpha value is -2.31. The van der Waals surface area contributed by atoms with E-state index in [1.807, 2.05) is 50.3 Å². The smallest absolute Gasteiger partial charge is 0.266 e. The monoisotopic (exact) mass is 413 g/mol. The number of hydrogen-bond acceptors (Lipinski definition) is 5. The van der Waals surface area contributed by atoms with Crippen molar-refractivity contribution in [3.05, 3.63) is 64.1 Å². The molecule has 2 aromatic carbocycles. The van der Waals surface area contributed by atoms with Crippen molar-refractivity contribution in [2.45, 2.75) is 27.4 Å². The summed E-state index contributed by atoms with van der Waals surface area (Å²) < 4.78 is 12.4. The zero-order chi connectivity index (χ0) is 20.1. The predicted octanol–water partition coefficient (Wildman–Crippen LogP) is 5.19. The van der Waals surface area contributed by atoms with Gasteiger partial charge in [0.1, 0.15) is 10.9 Å². The van der Waals surface area contributed by atoms with Gasteiger partial charge in [-0.05, 0) is 55.7 Å². The number of benzene rings is 2. The number of carbonyl (C=O) groups is 1. The standard InChI is InChI=1S/C22H23NO3S2/c1-4-23-21(24)20(28-22(23)27)13-16-10-11-18(19(12-16)25-5-2)26-14-17-9-7-6-8-15(17)3/h6-13H,4-5,14H2,1-3H3/b20-13+. The number of aryl methyl sites for hydroxylation is 1. The van der Waals surface area contributed by atoms with Crippen LogP contribution in [0.15, 0.2) is 47.4 Å². The van der Waals surface area contributed by atoms with Crippen LogP contribution in [-0.4, -0.2) is 28.3 Å². The van der Waals surface area contributed by atoms with Crippen LogP contribution in [0.25, 0.3) is 6.08 Å². The second-order valence-corrected chi connectivity index (χ2v) is 7.96. The van der Waals surface area contributed by atoms with Crippen LogP contribution in [0.5, 0.6) is 11.5 Å². The molecule has 2 aromatic rings. The first-order chi connectivity index (χ1) is 13.5. The molecule has 3 rings (SSSR count). The minimum absolute atomic E-state index is 0.0460. The maximum atomic E-state index is 12.4. The largest absolute Gasteiger partial charge is 0.490 e. The minimum Gasteiger partial charge on any atom is -0.490 e. The summed E-state index contributed by atoms with van der Waals surface area (Å²) in [4.78, 5) is 14.6. The van der Waals surface area contributed by atoms with E-state index in [1.165, 1.54) is 17.3 Å². The molecule has 6 heteroatoms. The van der Waals surface area contributed by atoms with Crippen molar-refractivity contribution in [1.29, 1.82) is 0 Å². The van der Waals surface area contributed by atoms with E-state index in [4.69, 9.17) is 21.7 Å². The summed E-state index contributed by atoms with van der Waals surface area (Å²) in [6, 6.07) is 13.8. The normalized spacial score (nSPS) is 15.4. The van der Waals surface area contributed by atoms with Crippen molar-refractivity contribution in [2.24, 2.45) is 0 Å². The van der Waals surface area contributed by atoms with Crippen molar-refractivity contribution in [3.8, 4) is 11.5 Å². The van der Waals surface area contributed by atoms with Crippen LogP contribution in [0.3, 0.4) is 0 Å². The van der Waals surface area contributed by atoms with Gasteiger partial charge in [0.05, 0.1) is 11.5 Å².